The van der Waals surface area contributed by atoms with Crippen LogP contribution in [0.1, 0.15) is 32.6 Å². The van der Waals surface area contributed by atoms with Gasteiger partial charge in [0.25, 0.3) is 10.2 Å². The monoisotopic (exact) mass is 261 g/mol. The Labute approximate surface area is 104 Å². The molecule has 1 aliphatic heterocycles. The standard InChI is InChI=1S/C11H23N3O2S/c1-2-5-13-17(15,16)14-11-4-3-9-7-12-8-10(9)6-11/h9-14H,2-8H2,1H3/t9-,10+,11?/m0/s1. The van der Waals surface area contributed by atoms with Crippen LogP contribution in [0, 0.1) is 11.8 Å². The van der Waals surface area contributed by atoms with Gasteiger partial charge in [-0.15, -0.1) is 0 Å². The van der Waals surface area contributed by atoms with Crippen LogP contribution in [-0.4, -0.2) is 34.1 Å². The first-order valence-electron chi connectivity index (χ1n) is 6.58. The highest BCUT2D eigenvalue weighted by atomic mass is 32.2. The molecule has 2 rings (SSSR count). The Balaban J connectivity index is 1.83. The number of rotatable bonds is 5. The molecule has 5 nitrogen and oxygen atoms in total. The van der Waals surface area contributed by atoms with Crippen LogP contribution in [-0.2, 0) is 10.2 Å². The Bertz CT molecular complexity index is 345. The minimum Gasteiger partial charge on any atom is -0.316 e. The second-order valence-electron chi connectivity index (χ2n) is 5.20. The lowest BCUT2D eigenvalue weighted by Gasteiger charge is -2.31. The third-order valence-electron chi connectivity index (χ3n) is 3.82. The SMILES string of the molecule is CCCNS(=O)(=O)NC1CC[C@H]2CNC[C@H]2C1. The van der Waals surface area contributed by atoms with Crippen molar-refractivity contribution in [2.75, 3.05) is 19.6 Å². The van der Waals surface area contributed by atoms with Gasteiger partial charge in [0.05, 0.1) is 0 Å². The average molecular weight is 261 g/mol. The van der Waals surface area contributed by atoms with Crippen molar-refractivity contribution >= 4 is 10.2 Å². The fraction of sp³-hybridized carbons (Fsp3) is 1.00. The molecule has 1 saturated heterocycles. The smallest absolute Gasteiger partial charge is 0.277 e. The summed E-state index contributed by atoms with van der Waals surface area (Å²) in [7, 11) is -3.29. The zero-order valence-corrected chi connectivity index (χ0v) is 11.2. The lowest BCUT2D eigenvalue weighted by Crippen LogP contribution is -2.46. The van der Waals surface area contributed by atoms with Crippen molar-refractivity contribution in [3.63, 3.8) is 0 Å². The summed E-state index contributed by atoms with van der Waals surface area (Å²) in [6.07, 6.45) is 3.90. The van der Waals surface area contributed by atoms with Gasteiger partial charge in [-0.05, 0) is 50.6 Å². The Morgan fingerprint density at radius 2 is 2.00 bits per heavy atom. The van der Waals surface area contributed by atoms with E-state index in [1.165, 1.54) is 0 Å². The highest BCUT2D eigenvalue weighted by molar-refractivity contribution is 7.87. The van der Waals surface area contributed by atoms with E-state index >= 15 is 0 Å². The minimum atomic E-state index is -3.29. The molecule has 3 N–H and O–H groups in total. The van der Waals surface area contributed by atoms with Gasteiger partial charge >= 0.3 is 0 Å². The molecule has 0 aromatic carbocycles. The van der Waals surface area contributed by atoms with E-state index in [1.807, 2.05) is 6.92 Å². The second-order valence-corrected chi connectivity index (χ2v) is 6.74. The van der Waals surface area contributed by atoms with Crippen LogP contribution in [0.3, 0.4) is 0 Å². The van der Waals surface area contributed by atoms with Gasteiger partial charge in [0, 0.05) is 12.6 Å². The van der Waals surface area contributed by atoms with Crippen molar-refractivity contribution in [1.82, 2.24) is 14.8 Å². The second kappa shape index (κ2) is 5.65. The summed E-state index contributed by atoms with van der Waals surface area (Å²) in [4.78, 5) is 0. The molecular weight excluding hydrogens is 238 g/mol. The molecule has 0 aromatic heterocycles. The molecule has 1 saturated carbocycles. The van der Waals surface area contributed by atoms with Crippen molar-refractivity contribution in [3.05, 3.63) is 0 Å². The van der Waals surface area contributed by atoms with Gasteiger partial charge in [-0.1, -0.05) is 6.92 Å². The lowest BCUT2D eigenvalue weighted by molar-refractivity contribution is 0.260. The van der Waals surface area contributed by atoms with E-state index in [0.29, 0.717) is 12.5 Å². The van der Waals surface area contributed by atoms with Gasteiger partial charge in [-0.2, -0.15) is 13.1 Å². The topological polar surface area (TPSA) is 70.2 Å². The van der Waals surface area contributed by atoms with Crippen LogP contribution < -0.4 is 14.8 Å². The predicted molar refractivity (Wildman–Crippen MR) is 67.8 cm³/mol. The molecule has 17 heavy (non-hydrogen) atoms. The molecule has 1 heterocycles. The summed E-state index contributed by atoms with van der Waals surface area (Å²) in [6, 6.07) is 0.116. The van der Waals surface area contributed by atoms with Crippen LogP contribution in [0.15, 0.2) is 0 Å². The lowest BCUT2D eigenvalue weighted by atomic mass is 9.79. The summed E-state index contributed by atoms with van der Waals surface area (Å²) >= 11 is 0. The van der Waals surface area contributed by atoms with Crippen molar-refractivity contribution in [1.29, 1.82) is 0 Å². The summed E-state index contributed by atoms with van der Waals surface area (Å²) < 4.78 is 28.8. The summed E-state index contributed by atoms with van der Waals surface area (Å²) in [5.41, 5.74) is 0. The van der Waals surface area contributed by atoms with Crippen LogP contribution in [0.4, 0.5) is 0 Å². The van der Waals surface area contributed by atoms with E-state index < -0.39 is 10.2 Å². The number of hydrogen-bond donors (Lipinski definition) is 3. The molecule has 0 spiro atoms. The van der Waals surface area contributed by atoms with E-state index in [9.17, 15) is 8.42 Å². The Kier molecular flexibility index (Phi) is 4.41. The normalized spacial score (nSPS) is 33.6. The molecule has 1 aliphatic carbocycles. The van der Waals surface area contributed by atoms with Crippen molar-refractivity contribution in [2.45, 2.75) is 38.6 Å². The molecule has 100 valence electrons. The van der Waals surface area contributed by atoms with Gasteiger partial charge in [-0.25, -0.2) is 4.72 Å². The first kappa shape index (κ1) is 13.3. The molecule has 6 heteroatoms. The Morgan fingerprint density at radius 3 is 2.76 bits per heavy atom. The molecule has 3 atom stereocenters. The first-order chi connectivity index (χ1) is 8.11. The molecular formula is C11H23N3O2S. The molecule has 0 amide bonds. The largest absolute Gasteiger partial charge is 0.316 e. The van der Waals surface area contributed by atoms with Crippen molar-refractivity contribution in [2.24, 2.45) is 11.8 Å². The predicted octanol–water partition coefficient (Wildman–Crippen LogP) is 0.209. The van der Waals surface area contributed by atoms with Gasteiger partial charge in [0.1, 0.15) is 0 Å². The summed E-state index contributed by atoms with van der Waals surface area (Å²) in [5.74, 6) is 1.42. The maximum absolute atomic E-state index is 11.7. The molecule has 2 aliphatic rings. The van der Waals surface area contributed by atoms with Crippen LogP contribution in [0.5, 0.6) is 0 Å². The number of hydrogen-bond acceptors (Lipinski definition) is 3. The zero-order chi connectivity index (χ0) is 12.3. The van der Waals surface area contributed by atoms with Crippen LogP contribution >= 0.6 is 0 Å². The van der Waals surface area contributed by atoms with Crippen LogP contribution in [0.25, 0.3) is 0 Å². The zero-order valence-electron chi connectivity index (χ0n) is 10.4. The van der Waals surface area contributed by atoms with Crippen LogP contribution in [0.2, 0.25) is 0 Å². The summed E-state index contributed by atoms with van der Waals surface area (Å²) in [6.45, 7) is 4.62. The third kappa shape index (κ3) is 3.64. The fourth-order valence-electron chi connectivity index (χ4n) is 2.90. The molecule has 0 aromatic rings. The summed E-state index contributed by atoms with van der Waals surface area (Å²) in [5, 5.41) is 3.39. The maximum atomic E-state index is 11.7. The van der Waals surface area contributed by atoms with E-state index in [4.69, 9.17) is 0 Å². The van der Waals surface area contributed by atoms with Gasteiger partial charge in [-0.3, -0.25) is 0 Å². The molecule has 1 unspecified atom stereocenters. The molecule has 0 bridgehead atoms. The number of nitrogens with one attached hydrogen (secondary N) is 3. The molecule has 0 radical (unpaired) electrons. The van der Waals surface area contributed by atoms with E-state index in [2.05, 4.69) is 14.8 Å². The van der Waals surface area contributed by atoms with Gasteiger partial charge in [0.2, 0.25) is 0 Å². The van der Waals surface area contributed by atoms with E-state index in [-0.39, 0.29) is 6.04 Å². The Hall–Kier alpha value is -0.170. The Morgan fingerprint density at radius 1 is 1.24 bits per heavy atom. The highest BCUT2D eigenvalue weighted by Crippen LogP contribution is 2.32. The van der Waals surface area contributed by atoms with E-state index in [1.54, 1.807) is 0 Å². The molecule has 2 fully saturated rings. The van der Waals surface area contributed by atoms with E-state index in [0.717, 1.165) is 44.7 Å². The highest BCUT2D eigenvalue weighted by Gasteiger charge is 2.34. The van der Waals surface area contributed by atoms with Gasteiger partial charge < -0.3 is 5.32 Å². The fourth-order valence-corrected chi connectivity index (χ4v) is 4.11. The number of fused-ring (bicyclic) bond motifs is 1. The van der Waals surface area contributed by atoms with Gasteiger partial charge in [0.15, 0.2) is 0 Å². The maximum Gasteiger partial charge on any atom is 0.277 e. The average Bonchev–Trinajstić information content (AvgIpc) is 2.73. The third-order valence-corrected chi connectivity index (χ3v) is 5.04. The first-order valence-corrected chi connectivity index (χ1v) is 8.06. The minimum absolute atomic E-state index is 0.116. The van der Waals surface area contributed by atoms with Crippen molar-refractivity contribution < 1.29 is 8.42 Å². The van der Waals surface area contributed by atoms with Crippen molar-refractivity contribution in [3.8, 4) is 0 Å². The quantitative estimate of drug-likeness (QED) is 0.662.